The van der Waals surface area contributed by atoms with Gasteiger partial charge in [0.05, 0.1) is 5.71 Å². The Kier molecular flexibility index (Phi) is 4.75. The van der Waals surface area contributed by atoms with Crippen LogP contribution in [-0.4, -0.2) is 16.7 Å². The zero-order valence-electron chi connectivity index (χ0n) is 11.7. The molecule has 0 saturated heterocycles. The summed E-state index contributed by atoms with van der Waals surface area (Å²) in [5, 5.41) is 13.9. The van der Waals surface area contributed by atoms with Gasteiger partial charge in [0.15, 0.2) is 0 Å². The van der Waals surface area contributed by atoms with Gasteiger partial charge in [-0.1, -0.05) is 27.6 Å². The van der Waals surface area contributed by atoms with E-state index in [1.165, 1.54) is 0 Å². The summed E-state index contributed by atoms with van der Waals surface area (Å²) in [4.78, 5) is 11.9. The summed E-state index contributed by atoms with van der Waals surface area (Å²) in [6.07, 6.45) is 0. The predicted molar refractivity (Wildman–Crippen MR) is 86.7 cm³/mol. The van der Waals surface area contributed by atoms with Crippen molar-refractivity contribution >= 4 is 27.5 Å². The highest BCUT2D eigenvalue weighted by molar-refractivity contribution is 9.10. The summed E-state index contributed by atoms with van der Waals surface area (Å²) in [5.74, 6) is -0.159. The Bertz CT molecular complexity index is 694. The lowest BCUT2D eigenvalue weighted by Gasteiger charge is -2.06. The van der Waals surface area contributed by atoms with Crippen molar-refractivity contribution in [1.29, 1.82) is 0 Å². The maximum absolute atomic E-state index is 11.9. The number of phenols is 1. The van der Waals surface area contributed by atoms with Gasteiger partial charge < -0.3 is 5.11 Å². The van der Waals surface area contributed by atoms with Crippen molar-refractivity contribution in [2.45, 2.75) is 13.8 Å². The molecule has 0 saturated carbocycles. The van der Waals surface area contributed by atoms with Gasteiger partial charge in [0, 0.05) is 15.6 Å². The monoisotopic (exact) mass is 346 g/mol. The Morgan fingerprint density at radius 2 is 1.86 bits per heavy atom. The van der Waals surface area contributed by atoms with Gasteiger partial charge in [0.2, 0.25) is 0 Å². The van der Waals surface area contributed by atoms with E-state index in [4.69, 9.17) is 0 Å². The second-order valence-electron chi connectivity index (χ2n) is 4.67. The van der Waals surface area contributed by atoms with Crippen LogP contribution in [0, 0.1) is 6.92 Å². The van der Waals surface area contributed by atoms with Crippen LogP contribution in [-0.2, 0) is 0 Å². The number of hydrazone groups is 1. The minimum Gasteiger partial charge on any atom is -0.507 e. The lowest BCUT2D eigenvalue weighted by atomic mass is 10.1. The highest BCUT2D eigenvalue weighted by atomic mass is 79.9. The van der Waals surface area contributed by atoms with Crippen LogP contribution in [0.25, 0.3) is 0 Å². The molecule has 2 aromatic carbocycles. The molecular weight excluding hydrogens is 332 g/mol. The fourth-order valence-electron chi connectivity index (χ4n) is 1.80. The molecule has 2 rings (SSSR count). The largest absolute Gasteiger partial charge is 0.507 e. The number of halogens is 1. The number of benzene rings is 2. The average Bonchev–Trinajstić information content (AvgIpc) is 2.47. The lowest BCUT2D eigenvalue weighted by molar-refractivity contribution is 0.0955. The number of carbonyl (C=O) groups is 1. The summed E-state index contributed by atoms with van der Waals surface area (Å²) in [5.41, 5.74) is 5.16. The molecule has 1 amide bonds. The number of nitrogens with one attached hydrogen (secondary N) is 1. The summed E-state index contributed by atoms with van der Waals surface area (Å²) >= 11 is 3.32. The van der Waals surface area contributed by atoms with E-state index in [9.17, 15) is 9.90 Å². The molecule has 0 spiro atoms. The first-order valence-corrected chi connectivity index (χ1v) is 7.17. The van der Waals surface area contributed by atoms with Crippen LogP contribution in [0.5, 0.6) is 5.75 Å². The number of rotatable bonds is 3. The van der Waals surface area contributed by atoms with Crippen LogP contribution in [0.15, 0.2) is 52.0 Å². The van der Waals surface area contributed by atoms with Gasteiger partial charge in [-0.25, -0.2) is 5.43 Å². The van der Waals surface area contributed by atoms with Crippen molar-refractivity contribution in [3.05, 3.63) is 63.6 Å². The first kappa shape index (κ1) is 15.3. The molecule has 0 aliphatic carbocycles. The number of hydrogen-bond donors (Lipinski definition) is 2. The van der Waals surface area contributed by atoms with Crippen LogP contribution in [0.2, 0.25) is 0 Å². The highest BCUT2D eigenvalue weighted by Crippen LogP contribution is 2.19. The van der Waals surface area contributed by atoms with E-state index in [0.717, 1.165) is 10.0 Å². The topological polar surface area (TPSA) is 61.7 Å². The SMILES string of the molecule is C/C(=N\NC(=O)c1ccc(Br)cc1)c1cc(C)ccc1O. The van der Waals surface area contributed by atoms with Crippen molar-refractivity contribution in [1.82, 2.24) is 5.43 Å². The maximum atomic E-state index is 11.9. The smallest absolute Gasteiger partial charge is 0.271 e. The zero-order valence-corrected chi connectivity index (χ0v) is 13.3. The number of hydrogen-bond acceptors (Lipinski definition) is 3. The average molecular weight is 347 g/mol. The van der Waals surface area contributed by atoms with E-state index < -0.39 is 0 Å². The van der Waals surface area contributed by atoms with Crippen molar-refractivity contribution in [3.8, 4) is 5.75 Å². The maximum Gasteiger partial charge on any atom is 0.271 e. The van der Waals surface area contributed by atoms with Gasteiger partial charge in [0.25, 0.3) is 5.91 Å². The highest BCUT2D eigenvalue weighted by Gasteiger charge is 2.07. The number of carbonyl (C=O) groups excluding carboxylic acids is 1. The van der Waals surface area contributed by atoms with E-state index >= 15 is 0 Å². The zero-order chi connectivity index (χ0) is 15.4. The predicted octanol–water partition coefficient (Wildman–Crippen LogP) is 3.62. The van der Waals surface area contributed by atoms with Crippen molar-refractivity contribution in [2.24, 2.45) is 5.10 Å². The molecule has 108 valence electrons. The molecule has 0 unspecified atom stereocenters. The van der Waals surface area contributed by atoms with E-state index in [0.29, 0.717) is 16.8 Å². The van der Waals surface area contributed by atoms with Crippen LogP contribution < -0.4 is 5.43 Å². The first-order chi connectivity index (χ1) is 9.97. The summed E-state index contributed by atoms with van der Waals surface area (Å²) in [7, 11) is 0. The Balaban J connectivity index is 2.14. The number of aryl methyl sites for hydroxylation is 1. The van der Waals surface area contributed by atoms with Crippen LogP contribution >= 0.6 is 15.9 Å². The number of nitrogens with zero attached hydrogens (tertiary/aromatic N) is 1. The molecule has 0 heterocycles. The third-order valence-electron chi connectivity index (χ3n) is 2.97. The number of aromatic hydroxyl groups is 1. The van der Waals surface area contributed by atoms with Gasteiger partial charge in [0.1, 0.15) is 5.75 Å². The molecule has 5 heteroatoms. The Morgan fingerprint density at radius 3 is 2.52 bits per heavy atom. The fourth-order valence-corrected chi connectivity index (χ4v) is 2.06. The molecule has 0 fully saturated rings. The third-order valence-corrected chi connectivity index (χ3v) is 3.50. The summed E-state index contributed by atoms with van der Waals surface area (Å²) < 4.78 is 0.906. The molecule has 0 aliphatic heterocycles. The molecule has 0 aliphatic rings. The third kappa shape index (κ3) is 3.92. The van der Waals surface area contributed by atoms with Crippen LogP contribution in [0.3, 0.4) is 0 Å². The normalized spacial score (nSPS) is 11.3. The van der Waals surface area contributed by atoms with Crippen molar-refractivity contribution in [2.75, 3.05) is 0 Å². The van der Waals surface area contributed by atoms with E-state index in [-0.39, 0.29) is 11.7 Å². The molecule has 0 atom stereocenters. The second-order valence-corrected chi connectivity index (χ2v) is 5.58. The molecule has 2 aromatic rings. The van der Waals surface area contributed by atoms with Gasteiger partial charge in [-0.15, -0.1) is 0 Å². The Hall–Kier alpha value is -2.14. The fraction of sp³-hybridized carbons (Fsp3) is 0.125. The molecule has 2 N–H and O–H groups in total. The Labute approximate surface area is 131 Å². The molecule has 21 heavy (non-hydrogen) atoms. The van der Waals surface area contributed by atoms with Gasteiger partial charge in [-0.3, -0.25) is 4.79 Å². The molecule has 0 bridgehead atoms. The summed E-state index contributed by atoms with van der Waals surface area (Å²) in [6, 6.07) is 12.2. The Morgan fingerprint density at radius 1 is 1.19 bits per heavy atom. The van der Waals surface area contributed by atoms with Gasteiger partial charge >= 0.3 is 0 Å². The van der Waals surface area contributed by atoms with Crippen LogP contribution in [0.1, 0.15) is 28.4 Å². The van der Waals surface area contributed by atoms with Crippen molar-refractivity contribution in [3.63, 3.8) is 0 Å². The van der Waals surface area contributed by atoms with Crippen molar-refractivity contribution < 1.29 is 9.90 Å². The van der Waals surface area contributed by atoms with Gasteiger partial charge in [-0.2, -0.15) is 5.10 Å². The minimum absolute atomic E-state index is 0.139. The molecule has 0 aromatic heterocycles. The summed E-state index contributed by atoms with van der Waals surface area (Å²) in [6.45, 7) is 3.66. The molecule has 4 nitrogen and oxygen atoms in total. The van der Waals surface area contributed by atoms with Crippen LogP contribution in [0.4, 0.5) is 0 Å². The molecular formula is C16H15BrN2O2. The standard InChI is InChI=1S/C16H15BrN2O2/c1-10-3-8-15(20)14(9-10)11(2)18-19-16(21)12-4-6-13(17)7-5-12/h3-9,20H,1-2H3,(H,19,21)/b18-11+. The minimum atomic E-state index is -0.297. The number of amides is 1. The van der Waals surface area contributed by atoms with E-state index in [1.54, 1.807) is 37.3 Å². The lowest BCUT2D eigenvalue weighted by Crippen LogP contribution is -2.19. The quantitative estimate of drug-likeness (QED) is 0.658. The van der Waals surface area contributed by atoms with E-state index in [1.807, 2.05) is 19.1 Å². The van der Waals surface area contributed by atoms with E-state index in [2.05, 4.69) is 26.5 Å². The van der Waals surface area contributed by atoms with Gasteiger partial charge in [-0.05, 0) is 50.2 Å². The second kappa shape index (κ2) is 6.54. The molecule has 0 radical (unpaired) electrons. The first-order valence-electron chi connectivity index (χ1n) is 6.37. The number of phenolic OH excluding ortho intramolecular Hbond substituents is 1.